The first-order chi connectivity index (χ1) is 11.5. The fourth-order valence-electron chi connectivity index (χ4n) is 2.32. The molecule has 2 aromatic rings. The van der Waals surface area contributed by atoms with Crippen LogP contribution >= 0.6 is 11.8 Å². The number of hydrogen-bond acceptors (Lipinski definition) is 3. The molecule has 1 atom stereocenters. The number of rotatable bonds is 8. The summed E-state index contributed by atoms with van der Waals surface area (Å²) in [6.07, 6.45) is 0. The Morgan fingerprint density at radius 3 is 2.50 bits per heavy atom. The van der Waals surface area contributed by atoms with Gasteiger partial charge >= 0.3 is 0 Å². The van der Waals surface area contributed by atoms with Crippen LogP contribution in [0.5, 0.6) is 0 Å². The van der Waals surface area contributed by atoms with Crippen molar-refractivity contribution in [2.75, 3.05) is 19.4 Å². The summed E-state index contributed by atoms with van der Waals surface area (Å²) in [6.45, 7) is 1.98. The molecular weight excluding hydrogens is 325 g/mol. The average Bonchev–Trinajstić information content (AvgIpc) is 2.61. The highest BCUT2D eigenvalue weighted by Gasteiger charge is 2.29. The van der Waals surface area contributed by atoms with E-state index in [0.717, 1.165) is 5.75 Å². The predicted octanol–water partition coefficient (Wildman–Crippen LogP) is 3.74. The molecule has 0 radical (unpaired) electrons. The van der Waals surface area contributed by atoms with Crippen molar-refractivity contribution in [3.05, 3.63) is 71.5 Å². The Balaban J connectivity index is 1.84. The molecule has 2 aromatic carbocycles. The minimum Gasteiger partial charge on any atom is -0.372 e. The fraction of sp³-hybridized carbons (Fsp3) is 0.316. The van der Waals surface area contributed by atoms with E-state index in [2.05, 4.69) is 5.32 Å². The Morgan fingerprint density at radius 2 is 1.83 bits per heavy atom. The maximum atomic E-state index is 14.0. The number of carbonyl (C=O) groups is 1. The van der Waals surface area contributed by atoms with Gasteiger partial charge in [-0.1, -0.05) is 48.5 Å². The normalized spacial score (nSPS) is 13.3. The molecule has 0 spiro atoms. The minimum absolute atomic E-state index is 0.0875. The number of ether oxygens (including phenoxy) is 1. The van der Waals surface area contributed by atoms with Crippen molar-refractivity contribution in [2.24, 2.45) is 0 Å². The van der Waals surface area contributed by atoms with Gasteiger partial charge in [-0.3, -0.25) is 4.79 Å². The van der Waals surface area contributed by atoms with E-state index in [-0.39, 0.29) is 18.3 Å². The molecule has 0 heterocycles. The van der Waals surface area contributed by atoms with Crippen molar-refractivity contribution in [2.45, 2.75) is 18.3 Å². The molecule has 0 saturated carbocycles. The summed E-state index contributed by atoms with van der Waals surface area (Å²) in [4.78, 5) is 12.0. The highest BCUT2D eigenvalue weighted by molar-refractivity contribution is 7.99. The minimum atomic E-state index is -0.898. The Hall–Kier alpha value is -1.85. The maximum Gasteiger partial charge on any atom is 0.230 e. The summed E-state index contributed by atoms with van der Waals surface area (Å²) in [6, 6.07) is 16.5. The molecule has 1 amide bonds. The molecule has 0 fully saturated rings. The van der Waals surface area contributed by atoms with Crippen LogP contribution in [0.2, 0.25) is 0 Å². The van der Waals surface area contributed by atoms with Gasteiger partial charge in [-0.05, 0) is 18.6 Å². The van der Waals surface area contributed by atoms with Crippen molar-refractivity contribution in [3.8, 4) is 0 Å². The number of carbonyl (C=O) groups excluding carboxylic acids is 1. The first-order valence-electron chi connectivity index (χ1n) is 7.74. The molecule has 0 aromatic heterocycles. The van der Waals surface area contributed by atoms with Gasteiger partial charge in [0.15, 0.2) is 0 Å². The summed E-state index contributed by atoms with van der Waals surface area (Å²) < 4.78 is 19.5. The van der Waals surface area contributed by atoms with Gasteiger partial charge in [-0.2, -0.15) is 0 Å². The lowest BCUT2D eigenvalue weighted by Gasteiger charge is -2.29. The average molecular weight is 347 g/mol. The Labute approximate surface area is 146 Å². The molecule has 0 aliphatic carbocycles. The van der Waals surface area contributed by atoms with Crippen LogP contribution in [0.3, 0.4) is 0 Å². The zero-order valence-electron chi connectivity index (χ0n) is 13.9. The largest absolute Gasteiger partial charge is 0.372 e. The molecule has 24 heavy (non-hydrogen) atoms. The summed E-state index contributed by atoms with van der Waals surface area (Å²) in [5, 5.41) is 2.83. The second kappa shape index (κ2) is 8.85. The van der Waals surface area contributed by atoms with Crippen LogP contribution in [0.15, 0.2) is 54.6 Å². The number of benzene rings is 2. The van der Waals surface area contributed by atoms with Crippen LogP contribution in [-0.2, 0) is 20.9 Å². The van der Waals surface area contributed by atoms with Crippen LogP contribution in [0.1, 0.15) is 18.1 Å². The second-order valence-corrected chi connectivity index (χ2v) is 6.66. The van der Waals surface area contributed by atoms with Crippen molar-refractivity contribution in [1.82, 2.24) is 5.32 Å². The highest BCUT2D eigenvalue weighted by atomic mass is 32.2. The SMILES string of the molecule is COC(C)(CNC(=O)CSCc1ccccc1)c1ccccc1F. The molecule has 0 bridgehead atoms. The molecule has 0 aliphatic heterocycles. The fourth-order valence-corrected chi connectivity index (χ4v) is 3.14. The number of hydrogen-bond donors (Lipinski definition) is 1. The van der Waals surface area contributed by atoms with Gasteiger partial charge in [-0.25, -0.2) is 4.39 Å². The number of nitrogens with one attached hydrogen (secondary N) is 1. The zero-order chi connectivity index (χ0) is 17.4. The van der Waals surface area contributed by atoms with Gasteiger partial charge in [0.05, 0.1) is 12.3 Å². The quantitative estimate of drug-likeness (QED) is 0.791. The molecule has 128 valence electrons. The van der Waals surface area contributed by atoms with Crippen LogP contribution in [0.25, 0.3) is 0 Å². The van der Waals surface area contributed by atoms with Crippen LogP contribution in [0, 0.1) is 5.82 Å². The van der Waals surface area contributed by atoms with Gasteiger partial charge < -0.3 is 10.1 Å². The summed E-state index contributed by atoms with van der Waals surface area (Å²) in [7, 11) is 1.52. The Bertz CT molecular complexity index is 665. The van der Waals surface area contributed by atoms with E-state index in [9.17, 15) is 9.18 Å². The van der Waals surface area contributed by atoms with E-state index in [1.165, 1.54) is 18.7 Å². The monoisotopic (exact) mass is 347 g/mol. The first kappa shape index (κ1) is 18.5. The lowest BCUT2D eigenvalue weighted by atomic mass is 9.95. The third-order valence-corrected chi connectivity index (χ3v) is 4.87. The molecule has 1 N–H and O–H groups in total. The molecule has 0 saturated heterocycles. The van der Waals surface area contributed by atoms with E-state index in [1.54, 1.807) is 36.9 Å². The molecule has 3 nitrogen and oxygen atoms in total. The van der Waals surface area contributed by atoms with Gasteiger partial charge in [0, 0.05) is 18.4 Å². The number of methoxy groups -OCH3 is 1. The lowest BCUT2D eigenvalue weighted by molar-refractivity contribution is -0.120. The Kier molecular flexibility index (Phi) is 6.82. The molecule has 2 rings (SSSR count). The lowest BCUT2D eigenvalue weighted by Crippen LogP contribution is -2.41. The van der Waals surface area contributed by atoms with Gasteiger partial charge in [0.2, 0.25) is 5.91 Å². The number of thioether (sulfide) groups is 1. The van der Waals surface area contributed by atoms with E-state index >= 15 is 0 Å². The maximum absolute atomic E-state index is 14.0. The molecule has 5 heteroatoms. The number of amides is 1. The van der Waals surface area contributed by atoms with Gasteiger partial charge in [0.25, 0.3) is 0 Å². The summed E-state index contributed by atoms with van der Waals surface area (Å²) >= 11 is 1.54. The topological polar surface area (TPSA) is 38.3 Å². The molecule has 1 unspecified atom stereocenters. The number of halogens is 1. The smallest absolute Gasteiger partial charge is 0.230 e. The third kappa shape index (κ3) is 5.08. The van der Waals surface area contributed by atoms with Crippen molar-refractivity contribution < 1.29 is 13.9 Å². The van der Waals surface area contributed by atoms with Crippen LogP contribution < -0.4 is 5.32 Å². The third-order valence-electron chi connectivity index (χ3n) is 3.86. The summed E-state index contributed by atoms with van der Waals surface area (Å²) in [5.41, 5.74) is 0.721. The van der Waals surface area contributed by atoms with Crippen LogP contribution in [-0.4, -0.2) is 25.3 Å². The highest BCUT2D eigenvalue weighted by Crippen LogP contribution is 2.26. The summed E-state index contributed by atoms with van der Waals surface area (Å²) in [5.74, 6) is 0.708. The molecular formula is C19H22FNO2S. The standard InChI is InChI=1S/C19H22FNO2S/c1-19(23-2,16-10-6-7-11-17(16)20)14-21-18(22)13-24-12-15-8-4-3-5-9-15/h3-11H,12-14H2,1-2H3,(H,21,22). The van der Waals surface area contributed by atoms with Crippen molar-refractivity contribution >= 4 is 17.7 Å². The van der Waals surface area contributed by atoms with Crippen molar-refractivity contribution in [3.63, 3.8) is 0 Å². The Morgan fingerprint density at radius 1 is 1.17 bits per heavy atom. The molecule has 0 aliphatic rings. The predicted molar refractivity (Wildman–Crippen MR) is 96.4 cm³/mol. The van der Waals surface area contributed by atoms with Crippen molar-refractivity contribution in [1.29, 1.82) is 0 Å². The van der Waals surface area contributed by atoms with E-state index in [1.807, 2.05) is 30.3 Å². The van der Waals surface area contributed by atoms with Crippen LogP contribution in [0.4, 0.5) is 4.39 Å². The van der Waals surface area contributed by atoms with E-state index < -0.39 is 5.60 Å². The zero-order valence-corrected chi connectivity index (χ0v) is 14.7. The van der Waals surface area contributed by atoms with Gasteiger partial charge in [0.1, 0.15) is 11.4 Å². The first-order valence-corrected chi connectivity index (χ1v) is 8.89. The van der Waals surface area contributed by atoms with Gasteiger partial charge in [-0.15, -0.1) is 11.8 Å². The van der Waals surface area contributed by atoms with E-state index in [4.69, 9.17) is 4.74 Å². The van der Waals surface area contributed by atoms with E-state index in [0.29, 0.717) is 11.3 Å². The second-order valence-electron chi connectivity index (χ2n) is 5.67.